The van der Waals surface area contributed by atoms with Gasteiger partial charge in [-0.2, -0.15) is 0 Å². The number of halogens is 2. The van der Waals surface area contributed by atoms with Crippen molar-refractivity contribution in [1.29, 1.82) is 0 Å². The summed E-state index contributed by atoms with van der Waals surface area (Å²) in [7, 11) is 0. The molecule has 0 bridgehead atoms. The van der Waals surface area contributed by atoms with E-state index in [4.69, 9.17) is 21.1 Å². The third-order valence-electron chi connectivity index (χ3n) is 6.39. The molecular formula is C26H27ClFN3O3S. The zero-order valence-electron chi connectivity index (χ0n) is 19.3. The van der Waals surface area contributed by atoms with Crippen molar-refractivity contribution in [3.63, 3.8) is 0 Å². The summed E-state index contributed by atoms with van der Waals surface area (Å²) in [6.07, 6.45) is 1.37. The molecule has 2 aliphatic rings. The average molecular weight is 516 g/mol. The van der Waals surface area contributed by atoms with E-state index < -0.39 is 5.79 Å². The van der Waals surface area contributed by atoms with Gasteiger partial charge < -0.3 is 14.4 Å². The summed E-state index contributed by atoms with van der Waals surface area (Å²) in [6, 6.07) is 14.3. The van der Waals surface area contributed by atoms with Crippen LogP contribution in [0.1, 0.15) is 39.5 Å². The van der Waals surface area contributed by atoms with Crippen molar-refractivity contribution in [3.8, 4) is 0 Å². The lowest BCUT2D eigenvalue weighted by Gasteiger charge is -2.37. The van der Waals surface area contributed by atoms with Gasteiger partial charge in [-0.05, 0) is 35.4 Å². The Hall–Kier alpha value is -2.36. The molecule has 6 nitrogen and oxygen atoms in total. The van der Waals surface area contributed by atoms with E-state index in [0.29, 0.717) is 69.5 Å². The molecule has 184 valence electrons. The summed E-state index contributed by atoms with van der Waals surface area (Å²) >= 11 is 7.53. The van der Waals surface area contributed by atoms with E-state index in [9.17, 15) is 9.18 Å². The molecule has 2 aliphatic heterocycles. The molecule has 1 aromatic heterocycles. The molecule has 0 N–H and O–H groups in total. The third-order valence-corrected chi connectivity index (χ3v) is 7.48. The molecule has 35 heavy (non-hydrogen) atoms. The first-order valence-corrected chi connectivity index (χ1v) is 13.0. The molecular weight excluding hydrogens is 489 g/mol. The van der Waals surface area contributed by atoms with E-state index in [-0.39, 0.29) is 11.7 Å². The monoisotopic (exact) mass is 515 g/mol. The third kappa shape index (κ3) is 6.08. The molecule has 1 spiro atoms. The quantitative estimate of drug-likeness (QED) is 0.437. The minimum Gasteiger partial charge on any atom is -0.347 e. The van der Waals surface area contributed by atoms with Crippen molar-refractivity contribution in [2.24, 2.45) is 0 Å². The summed E-state index contributed by atoms with van der Waals surface area (Å²) in [5, 5.41) is 3.39. The van der Waals surface area contributed by atoms with Crippen LogP contribution in [0, 0.1) is 5.82 Å². The van der Waals surface area contributed by atoms with Crippen LogP contribution in [0.4, 0.5) is 4.39 Å². The van der Waals surface area contributed by atoms with E-state index in [2.05, 4.69) is 9.88 Å². The van der Waals surface area contributed by atoms with Gasteiger partial charge in [-0.1, -0.05) is 35.9 Å². The number of carbonyl (C=O) groups excluding carboxylic acids is 1. The predicted molar refractivity (Wildman–Crippen MR) is 133 cm³/mol. The minimum absolute atomic E-state index is 0.0527. The van der Waals surface area contributed by atoms with Crippen LogP contribution in [0.15, 0.2) is 53.9 Å². The highest BCUT2D eigenvalue weighted by Gasteiger charge is 2.41. The van der Waals surface area contributed by atoms with Crippen LogP contribution in [0.2, 0.25) is 5.02 Å². The summed E-state index contributed by atoms with van der Waals surface area (Å²) in [5.41, 5.74) is 2.59. The first-order valence-electron chi connectivity index (χ1n) is 11.7. The number of thiazole rings is 1. The lowest BCUT2D eigenvalue weighted by atomic mass is 10.0. The summed E-state index contributed by atoms with van der Waals surface area (Å²) in [5.74, 6) is -0.814. The molecule has 2 fully saturated rings. The first kappa shape index (κ1) is 24.3. The van der Waals surface area contributed by atoms with Crippen LogP contribution in [0.25, 0.3) is 0 Å². The fourth-order valence-electron chi connectivity index (χ4n) is 4.53. The van der Waals surface area contributed by atoms with Gasteiger partial charge in [0.05, 0.1) is 19.8 Å². The number of rotatable bonds is 7. The van der Waals surface area contributed by atoms with Crippen LogP contribution >= 0.6 is 22.9 Å². The molecule has 5 rings (SSSR count). The zero-order chi connectivity index (χ0) is 24.3. The molecule has 0 unspecified atom stereocenters. The number of ether oxygens (including phenoxy) is 2. The van der Waals surface area contributed by atoms with Crippen LogP contribution in [-0.2, 0) is 29.1 Å². The van der Waals surface area contributed by atoms with Gasteiger partial charge in [0.2, 0.25) is 0 Å². The molecule has 1 amide bonds. The van der Waals surface area contributed by atoms with Crippen molar-refractivity contribution in [2.75, 3.05) is 26.3 Å². The second-order valence-electron chi connectivity index (χ2n) is 8.92. The van der Waals surface area contributed by atoms with Gasteiger partial charge in [0.1, 0.15) is 16.5 Å². The maximum atomic E-state index is 13.4. The molecule has 2 saturated heterocycles. The fourth-order valence-corrected chi connectivity index (χ4v) is 5.47. The van der Waals surface area contributed by atoms with Crippen molar-refractivity contribution in [1.82, 2.24) is 14.8 Å². The van der Waals surface area contributed by atoms with Crippen molar-refractivity contribution < 1.29 is 18.7 Å². The normalized spacial score (nSPS) is 17.4. The van der Waals surface area contributed by atoms with Crippen LogP contribution in [0.3, 0.4) is 0 Å². The van der Waals surface area contributed by atoms with E-state index in [1.807, 2.05) is 34.5 Å². The summed E-state index contributed by atoms with van der Waals surface area (Å²) < 4.78 is 24.9. The number of nitrogens with zero attached hydrogens (tertiary/aromatic N) is 3. The standard InChI is InChI=1S/C26H27ClFN3O3S/c27-21-5-1-19(2-6-21)15-30(16-20-3-7-22(28)8-4-20)17-24-29-23(18-35-24)25(32)31-11-9-26(10-12-31)33-13-14-34-26/h1-8,18H,9-17H2. The molecule has 0 atom stereocenters. The number of aromatic nitrogens is 1. The van der Waals surface area contributed by atoms with Gasteiger partial charge in [-0.3, -0.25) is 9.69 Å². The molecule has 2 aromatic carbocycles. The number of hydrogen-bond acceptors (Lipinski definition) is 6. The van der Waals surface area contributed by atoms with Crippen molar-refractivity contribution in [3.05, 3.63) is 86.6 Å². The summed E-state index contributed by atoms with van der Waals surface area (Å²) in [4.78, 5) is 21.8. The van der Waals surface area contributed by atoms with Gasteiger partial charge in [-0.25, -0.2) is 9.37 Å². The molecule has 3 aromatic rings. The second-order valence-corrected chi connectivity index (χ2v) is 10.3. The van der Waals surface area contributed by atoms with Crippen molar-refractivity contribution in [2.45, 2.75) is 38.3 Å². The number of benzene rings is 2. The minimum atomic E-state index is -0.507. The van der Waals surface area contributed by atoms with Crippen LogP contribution in [0.5, 0.6) is 0 Å². The smallest absolute Gasteiger partial charge is 0.273 e. The Morgan fingerprint density at radius 3 is 2.23 bits per heavy atom. The van der Waals surface area contributed by atoms with Gasteiger partial charge >= 0.3 is 0 Å². The number of likely N-dealkylation sites (tertiary alicyclic amines) is 1. The van der Waals surface area contributed by atoms with Crippen molar-refractivity contribution >= 4 is 28.8 Å². The van der Waals surface area contributed by atoms with Crippen LogP contribution < -0.4 is 0 Å². The SMILES string of the molecule is O=C(c1csc(CN(Cc2ccc(F)cc2)Cc2ccc(Cl)cc2)n1)N1CCC2(CC1)OCCO2. The maximum Gasteiger partial charge on any atom is 0.273 e. The van der Waals surface area contributed by atoms with E-state index in [0.717, 1.165) is 16.1 Å². The molecule has 0 aliphatic carbocycles. The number of carbonyl (C=O) groups is 1. The number of hydrogen-bond donors (Lipinski definition) is 0. The molecule has 0 radical (unpaired) electrons. The van der Waals surface area contributed by atoms with E-state index in [1.54, 1.807) is 12.1 Å². The Morgan fingerprint density at radius 2 is 1.60 bits per heavy atom. The average Bonchev–Trinajstić information content (AvgIpc) is 3.52. The van der Waals surface area contributed by atoms with E-state index >= 15 is 0 Å². The van der Waals surface area contributed by atoms with Gasteiger partial charge in [0.25, 0.3) is 5.91 Å². The lowest BCUT2D eigenvalue weighted by molar-refractivity contribution is -0.181. The van der Waals surface area contributed by atoms with Gasteiger partial charge in [0, 0.05) is 49.4 Å². The Morgan fingerprint density at radius 1 is 1.00 bits per heavy atom. The topological polar surface area (TPSA) is 54.9 Å². The summed E-state index contributed by atoms with van der Waals surface area (Å²) in [6.45, 7) is 4.30. The largest absolute Gasteiger partial charge is 0.347 e. The predicted octanol–water partition coefficient (Wildman–Crippen LogP) is 5.12. The first-order chi connectivity index (χ1) is 17.0. The number of amides is 1. The highest BCUT2D eigenvalue weighted by molar-refractivity contribution is 7.09. The Balaban J connectivity index is 1.25. The van der Waals surface area contributed by atoms with Gasteiger partial charge in [-0.15, -0.1) is 11.3 Å². The second kappa shape index (κ2) is 10.7. The number of piperidine rings is 1. The molecule has 0 saturated carbocycles. The Bertz CT molecular complexity index is 1090. The fraction of sp³-hybridized carbons (Fsp3) is 0.385. The zero-order valence-corrected chi connectivity index (χ0v) is 20.9. The lowest BCUT2D eigenvalue weighted by Crippen LogP contribution is -2.47. The molecule has 9 heteroatoms. The highest BCUT2D eigenvalue weighted by Crippen LogP contribution is 2.32. The Kier molecular flexibility index (Phi) is 7.45. The molecule has 3 heterocycles. The Labute approximate surface area is 213 Å². The van der Waals surface area contributed by atoms with Crippen LogP contribution in [-0.4, -0.2) is 52.8 Å². The van der Waals surface area contributed by atoms with Gasteiger partial charge in [0.15, 0.2) is 5.79 Å². The maximum absolute atomic E-state index is 13.4. The highest BCUT2D eigenvalue weighted by atomic mass is 35.5. The van der Waals surface area contributed by atoms with E-state index in [1.165, 1.54) is 23.5 Å².